The predicted octanol–water partition coefficient (Wildman–Crippen LogP) is 11.0. The third-order valence-electron chi connectivity index (χ3n) is 8.44. The first-order valence-corrected chi connectivity index (χ1v) is 18.8. The van der Waals surface area contributed by atoms with Crippen LogP contribution in [0.2, 0.25) is 0 Å². The largest absolute Gasteiger partial charge is 0.480 e. The van der Waals surface area contributed by atoms with Gasteiger partial charge in [-0.2, -0.15) is 0 Å². The lowest BCUT2D eigenvalue weighted by atomic mass is 10.0. The highest BCUT2D eigenvalue weighted by Crippen LogP contribution is 2.18. The summed E-state index contributed by atoms with van der Waals surface area (Å²) in [5.74, 6) is -1.26. The number of carboxylic acids is 1. The van der Waals surface area contributed by atoms with E-state index in [9.17, 15) is 14.4 Å². The minimum Gasteiger partial charge on any atom is -0.480 e. The highest BCUT2D eigenvalue weighted by Gasteiger charge is 2.14. The molecule has 0 spiro atoms. The molecular formula is C38H71NO5. The molecule has 0 rings (SSSR count). The smallest absolute Gasteiger partial charge is 0.322 e. The molecule has 0 aliphatic heterocycles. The fraction of sp³-hybridized carbons (Fsp3) is 0.868. The fourth-order valence-corrected chi connectivity index (χ4v) is 5.63. The Balaban J connectivity index is 3.96. The van der Waals surface area contributed by atoms with E-state index in [1.54, 1.807) is 0 Å². The standard InChI is InChI=1S/C38H71NO5/c1-3-5-7-9-11-12-13-14-15-16-17-18-19-20-21-23-29-33-38(43)44-35(30-26-22-10-8-6-4-2)31-27-24-25-28-32-36(40)39-34-37(41)42/h14-15,35H,3-13,16-34H2,1-2H3,(H,39,40)(H,41,42)/b15-14-. The number of unbranched alkanes of at least 4 members (excludes halogenated alkanes) is 21. The molecule has 0 aromatic rings. The number of allylic oxidation sites excluding steroid dienone is 2. The van der Waals surface area contributed by atoms with Crippen LogP contribution in [0.4, 0.5) is 0 Å². The summed E-state index contributed by atoms with van der Waals surface area (Å²) >= 11 is 0. The number of aliphatic carboxylic acids is 1. The van der Waals surface area contributed by atoms with Crippen molar-refractivity contribution in [2.24, 2.45) is 0 Å². The Morgan fingerprint density at radius 2 is 0.977 bits per heavy atom. The number of hydrogen-bond acceptors (Lipinski definition) is 4. The van der Waals surface area contributed by atoms with Gasteiger partial charge in [-0.05, 0) is 64.2 Å². The van der Waals surface area contributed by atoms with Crippen LogP contribution in [0.1, 0.15) is 200 Å². The van der Waals surface area contributed by atoms with Crippen molar-refractivity contribution < 1.29 is 24.2 Å². The maximum absolute atomic E-state index is 12.6. The third kappa shape index (κ3) is 33.1. The van der Waals surface area contributed by atoms with Gasteiger partial charge in [0, 0.05) is 12.8 Å². The molecule has 0 saturated carbocycles. The Morgan fingerprint density at radius 1 is 0.568 bits per heavy atom. The van der Waals surface area contributed by atoms with E-state index >= 15 is 0 Å². The van der Waals surface area contributed by atoms with Crippen LogP contribution in [0.25, 0.3) is 0 Å². The molecule has 0 bridgehead atoms. The van der Waals surface area contributed by atoms with Gasteiger partial charge in [-0.25, -0.2) is 0 Å². The van der Waals surface area contributed by atoms with E-state index in [1.807, 2.05) is 0 Å². The minimum atomic E-state index is -1.02. The van der Waals surface area contributed by atoms with Gasteiger partial charge >= 0.3 is 11.9 Å². The lowest BCUT2D eigenvalue weighted by molar-refractivity contribution is -0.150. The summed E-state index contributed by atoms with van der Waals surface area (Å²) in [7, 11) is 0. The summed E-state index contributed by atoms with van der Waals surface area (Å²) in [4.78, 5) is 34.8. The first-order valence-electron chi connectivity index (χ1n) is 18.8. The minimum absolute atomic E-state index is 0.00684. The average molecular weight is 622 g/mol. The molecule has 0 aliphatic rings. The van der Waals surface area contributed by atoms with Crippen molar-refractivity contribution in [2.45, 2.75) is 206 Å². The number of rotatable bonds is 34. The molecule has 1 unspecified atom stereocenters. The third-order valence-corrected chi connectivity index (χ3v) is 8.44. The van der Waals surface area contributed by atoms with E-state index in [0.29, 0.717) is 12.8 Å². The van der Waals surface area contributed by atoms with Crippen molar-refractivity contribution in [1.29, 1.82) is 0 Å². The summed E-state index contributed by atoms with van der Waals surface area (Å²) in [5.41, 5.74) is 0. The van der Waals surface area contributed by atoms with Crippen molar-refractivity contribution in [3.05, 3.63) is 12.2 Å². The predicted molar refractivity (Wildman–Crippen MR) is 185 cm³/mol. The van der Waals surface area contributed by atoms with Crippen LogP contribution < -0.4 is 5.32 Å². The topological polar surface area (TPSA) is 92.7 Å². The van der Waals surface area contributed by atoms with Gasteiger partial charge < -0.3 is 15.2 Å². The van der Waals surface area contributed by atoms with Crippen LogP contribution in [-0.4, -0.2) is 35.6 Å². The first kappa shape index (κ1) is 42.1. The van der Waals surface area contributed by atoms with Crippen molar-refractivity contribution in [1.82, 2.24) is 5.32 Å². The number of hydrogen-bond donors (Lipinski definition) is 2. The molecule has 2 N–H and O–H groups in total. The molecule has 258 valence electrons. The van der Waals surface area contributed by atoms with Crippen molar-refractivity contribution in [2.75, 3.05) is 6.54 Å². The summed E-state index contributed by atoms with van der Waals surface area (Å²) in [6.45, 7) is 4.18. The van der Waals surface area contributed by atoms with Gasteiger partial charge in [0.15, 0.2) is 0 Å². The molecule has 0 aliphatic carbocycles. The molecule has 6 nitrogen and oxygen atoms in total. The van der Waals surface area contributed by atoms with E-state index in [2.05, 4.69) is 31.3 Å². The van der Waals surface area contributed by atoms with Gasteiger partial charge in [-0.1, -0.05) is 135 Å². The van der Waals surface area contributed by atoms with Crippen LogP contribution in [0.5, 0.6) is 0 Å². The zero-order valence-electron chi connectivity index (χ0n) is 29.0. The SMILES string of the molecule is CCCCCCCC/C=C\CCCCCCCCCC(=O)OC(CCCCCCCC)CCCCCCC(=O)NCC(=O)O. The Labute approximate surface area is 271 Å². The Hall–Kier alpha value is -1.85. The second-order valence-corrected chi connectivity index (χ2v) is 12.8. The molecule has 0 saturated heterocycles. The van der Waals surface area contributed by atoms with E-state index in [-0.39, 0.29) is 24.5 Å². The number of amides is 1. The number of nitrogens with one attached hydrogen (secondary N) is 1. The maximum Gasteiger partial charge on any atom is 0.322 e. The molecule has 44 heavy (non-hydrogen) atoms. The number of carbonyl (C=O) groups is 3. The average Bonchev–Trinajstić information content (AvgIpc) is 3.00. The number of carboxylic acid groups (broad SMARTS) is 1. The first-order chi connectivity index (χ1) is 21.5. The molecule has 0 radical (unpaired) electrons. The van der Waals surface area contributed by atoms with Gasteiger partial charge in [0.25, 0.3) is 0 Å². The molecule has 0 aromatic carbocycles. The number of carbonyl (C=O) groups excluding carboxylic acids is 2. The van der Waals surface area contributed by atoms with Crippen molar-refractivity contribution >= 4 is 17.8 Å². The molecular weight excluding hydrogens is 550 g/mol. The van der Waals surface area contributed by atoms with Gasteiger partial charge in [0.05, 0.1) is 0 Å². The second-order valence-electron chi connectivity index (χ2n) is 12.8. The van der Waals surface area contributed by atoms with Crippen LogP contribution in [0.3, 0.4) is 0 Å². The Morgan fingerprint density at radius 3 is 1.45 bits per heavy atom. The molecule has 6 heteroatoms. The van der Waals surface area contributed by atoms with Crippen LogP contribution in [0.15, 0.2) is 12.2 Å². The fourth-order valence-electron chi connectivity index (χ4n) is 5.63. The second kappa shape index (κ2) is 34.0. The number of esters is 1. The van der Waals surface area contributed by atoms with Crippen LogP contribution >= 0.6 is 0 Å². The van der Waals surface area contributed by atoms with E-state index in [0.717, 1.165) is 57.8 Å². The van der Waals surface area contributed by atoms with Crippen LogP contribution in [0, 0.1) is 0 Å². The normalized spacial score (nSPS) is 12.0. The summed E-state index contributed by atoms with van der Waals surface area (Å²) in [5, 5.41) is 11.0. The molecule has 0 aromatic heterocycles. The van der Waals surface area contributed by atoms with Crippen molar-refractivity contribution in [3.8, 4) is 0 Å². The summed E-state index contributed by atoms with van der Waals surface area (Å²) < 4.78 is 5.94. The zero-order valence-corrected chi connectivity index (χ0v) is 29.0. The van der Waals surface area contributed by atoms with E-state index in [4.69, 9.17) is 9.84 Å². The lowest BCUT2D eigenvalue weighted by Gasteiger charge is -2.18. The Kier molecular flexibility index (Phi) is 32.6. The highest BCUT2D eigenvalue weighted by molar-refractivity contribution is 5.80. The highest BCUT2D eigenvalue weighted by atomic mass is 16.5. The molecule has 1 amide bonds. The maximum atomic E-state index is 12.6. The Bertz CT molecular complexity index is 693. The van der Waals surface area contributed by atoms with Gasteiger partial charge in [-0.15, -0.1) is 0 Å². The molecule has 0 heterocycles. The van der Waals surface area contributed by atoms with Crippen LogP contribution in [-0.2, 0) is 19.1 Å². The summed E-state index contributed by atoms with van der Waals surface area (Å²) in [6.07, 6.45) is 37.6. The monoisotopic (exact) mass is 622 g/mol. The van der Waals surface area contributed by atoms with E-state index < -0.39 is 5.97 Å². The molecule has 0 fully saturated rings. The quantitative estimate of drug-likeness (QED) is 0.0423. The van der Waals surface area contributed by atoms with Gasteiger partial charge in [-0.3, -0.25) is 14.4 Å². The van der Waals surface area contributed by atoms with E-state index in [1.165, 1.54) is 116 Å². The lowest BCUT2D eigenvalue weighted by Crippen LogP contribution is -2.28. The number of ether oxygens (including phenoxy) is 1. The molecule has 1 atom stereocenters. The van der Waals surface area contributed by atoms with Crippen molar-refractivity contribution in [3.63, 3.8) is 0 Å². The summed E-state index contributed by atoms with van der Waals surface area (Å²) in [6, 6.07) is 0. The zero-order chi connectivity index (χ0) is 32.4. The van der Waals surface area contributed by atoms with Gasteiger partial charge in [0.1, 0.15) is 12.6 Å². The van der Waals surface area contributed by atoms with Gasteiger partial charge in [0.2, 0.25) is 5.91 Å².